The summed E-state index contributed by atoms with van der Waals surface area (Å²) < 4.78 is 20.9. The standard InChI is InChI=1S/C19H19FN3O5P/c20-13-6-11(29)3-2-10(13)7-21-18(26)12-8-22-9-14-23(4-1-5-28-14)19(27)15(22)17(25)16(12)24/h2-3,6,8,14,25H,1,4-5,7,9,29H2,(H,21,26). The normalized spacial score (nSPS) is 18.2. The van der Waals surface area contributed by atoms with Crippen LogP contribution in [0.4, 0.5) is 4.39 Å². The van der Waals surface area contributed by atoms with E-state index in [9.17, 15) is 23.9 Å². The summed E-state index contributed by atoms with van der Waals surface area (Å²) in [6.45, 7) is 1.04. The Balaban J connectivity index is 1.61. The second kappa shape index (κ2) is 7.57. The molecule has 8 nitrogen and oxygen atoms in total. The van der Waals surface area contributed by atoms with E-state index in [1.165, 1.54) is 27.8 Å². The van der Waals surface area contributed by atoms with Gasteiger partial charge in [0.1, 0.15) is 11.4 Å². The van der Waals surface area contributed by atoms with Gasteiger partial charge in [0.2, 0.25) is 5.43 Å². The van der Waals surface area contributed by atoms with Crippen LogP contribution in [0.15, 0.2) is 29.2 Å². The van der Waals surface area contributed by atoms with E-state index in [1.54, 1.807) is 6.07 Å². The average molecular weight is 419 g/mol. The van der Waals surface area contributed by atoms with Gasteiger partial charge in [-0.2, -0.15) is 0 Å². The summed E-state index contributed by atoms with van der Waals surface area (Å²) in [5, 5.41) is 13.5. The number of nitrogens with one attached hydrogen (secondary N) is 1. The highest BCUT2D eigenvalue weighted by Gasteiger charge is 2.38. The Morgan fingerprint density at radius 2 is 2.17 bits per heavy atom. The molecule has 2 unspecified atom stereocenters. The number of carbonyl (C=O) groups excluding carboxylic acids is 2. The van der Waals surface area contributed by atoms with Gasteiger partial charge in [0.25, 0.3) is 11.8 Å². The van der Waals surface area contributed by atoms with Crippen LogP contribution < -0.4 is 16.1 Å². The van der Waals surface area contributed by atoms with E-state index in [-0.39, 0.29) is 29.9 Å². The number of hydrogen-bond donors (Lipinski definition) is 2. The van der Waals surface area contributed by atoms with Crippen LogP contribution in [-0.2, 0) is 17.8 Å². The maximum atomic E-state index is 13.9. The Hall–Kier alpha value is -2.77. The van der Waals surface area contributed by atoms with Crippen molar-refractivity contribution in [2.75, 3.05) is 13.2 Å². The van der Waals surface area contributed by atoms with Gasteiger partial charge in [0.15, 0.2) is 17.7 Å². The first-order valence-corrected chi connectivity index (χ1v) is 9.65. The molecule has 1 saturated heterocycles. The Morgan fingerprint density at radius 3 is 2.93 bits per heavy atom. The number of hydrogen-bond acceptors (Lipinski definition) is 5. The van der Waals surface area contributed by atoms with Gasteiger partial charge < -0.3 is 24.6 Å². The molecule has 1 fully saturated rings. The van der Waals surface area contributed by atoms with Gasteiger partial charge in [-0.3, -0.25) is 14.4 Å². The Morgan fingerprint density at radius 1 is 1.38 bits per heavy atom. The monoisotopic (exact) mass is 419 g/mol. The third kappa shape index (κ3) is 3.52. The molecule has 152 valence electrons. The van der Waals surface area contributed by atoms with E-state index < -0.39 is 35.0 Å². The molecule has 0 saturated carbocycles. The van der Waals surface area contributed by atoms with E-state index in [0.29, 0.717) is 24.9 Å². The molecule has 1 aromatic heterocycles. The minimum atomic E-state index is -0.945. The lowest BCUT2D eigenvalue weighted by Gasteiger charge is -2.40. The molecule has 0 aliphatic carbocycles. The second-order valence-electron chi connectivity index (χ2n) is 6.93. The van der Waals surface area contributed by atoms with E-state index in [0.717, 1.165) is 0 Å². The molecule has 2 amide bonds. The topological polar surface area (TPSA) is 101 Å². The van der Waals surface area contributed by atoms with Crippen LogP contribution in [0.3, 0.4) is 0 Å². The van der Waals surface area contributed by atoms with Gasteiger partial charge in [-0.05, 0) is 17.8 Å². The number of ether oxygens (including phenoxy) is 1. The Bertz CT molecular complexity index is 1070. The average Bonchev–Trinajstić information content (AvgIpc) is 2.70. The van der Waals surface area contributed by atoms with Gasteiger partial charge >= 0.3 is 0 Å². The van der Waals surface area contributed by atoms with Gasteiger partial charge in [-0.1, -0.05) is 12.1 Å². The predicted molar refractivity (Wildman–Crippen MR) is 105 cm³/mol. The fraction of sp³-hybridized carbons (Fsp3) is 0.316. The molecule has 10 heteroatoms. The molecule has 0 spiro atoms. The van der Waals surface area contributed by atoms with Crippen LogP contribution in [0.1, 0.15) is 32.8 Å². The molecule has 0 radical (unpaired) electrons. The van der Waals surface area contributed by atoms with Crippen molar-refractivity contribution < 1.29 is 23.8 Å². The number of halogens is 1. The highest BCUT2D eigenvalue weighted by atomic mass is 31.0. The quantitative estimate of drug-likeness (QED) is 0.699. The highest BCUT2D eigenvalue weighted by Crippen LogP contribution is 2.26. The molecule has 1 aromatic carbocycles. The Labute approximate surface area is 167 Å². The van der Waals surface area contributed by atoms with Crippen molar-refractivity contribution in [1.82, 2.24) is 14.8 Å². The van der Waals surface area contributed by atoms with E-state index in [4.69, 9.17) is 4.74 Å². The molecule has 4 rings (SSSR count). The van der Waals surface area contributed by atoms with Crippen LogP contribution in [0.5, 0.6) is 5.75 Å². The first-order valence-electron chi connectivity index (χ1n) is 9.08. The van der Waals surface area contributed by atoms with Crippen molar-refractivity contribution in [3.8, 4) is 5.75 Å². The smallest absolute Gasteiger partial charge is 0.276 e. The minimum Gasteiger partial charge on any atom is -0.503 e. The van der Waals surface area contributed by atoms with E-state index >= 15 is 0 Å². The molecule has 0 bridgehead atoms. The highest BCUT2D eigenvalue weighted by molar-refractivity contribution is 7.27. The molecule has 2 atom stereocenters. The first kappa shape index (κ1) is 19.5. The molecule has 2 aliphatic rings. The number of amides is 2. The van der Waals surface area contributed by atoms with Gasteiger partial charge in [0.05, 0.1) is 13.2 Å². The third-order valence-corrected chi connectivity index (χ3v) is 5.39. The third-order valence-electron chi connectivity index (χ3n) is 5.03. The zero-order valence-electron chi connectivity index (χ0n) is 15.4. The second-order valence-corrected chi connectivity index (χ2v) is 7.60. The van der Waals surface area contributed by atoms with Crippen molar-refractivity contribution in [2.45, 2.75) is 25.7 Å². The number of carbonyl (C=O) groups is 2. The summed E-state index contributed by atoms with van der Waals surface area (Å²) in [6.07, 6.45) is 1.39. The number of rotatable bonds is 3. The van der Waals surface area contributed by atoms with Crippen LogP contribution >= 0.6 is 9.24 Å². The number of aromatic nitrogens is 1. The lowest BCUT2D eigenvalue weighted by Crippen LogP contribution is -2.53. The summed E-state index contributed by atoms with van der Waals surface area (Å²) >= 11 is 0. The molecule has 3 heterocycles. The summed E-state index contributed by atoms with van der Waals surface area (Å²) in [5.41, 5.74) is -1.17. The zero-order valence-corrected chi connectivity index (χ0v) is 16.5. The van der Waals surface area contributed by atoms with Crippen LogP contribution in [0.25, 0.3) is 0 Å². The van der Waals surface area contributed by atoms with E-state index in [1.807, 2.05) is 0 Å². The van der Waals surface area contributed by atoms with Crippen LogP contribution in [0.2, 0.25) is 0 Å². The SMILES string of the molecule is O=C(NCc1ccc(P)cc1F)c1cn2c(c(O)c1=O)C(=O)N1CCCOC1C2. The fourth-order valence-electron chi connectivity index (χ4n) is 3.53. The van der Waals surface area contributed by atoms with E-state index in [2.05, 4.69) is 14.6 Å². The van der Waals surface area contributed by atoms with Gasteiger partial charge in [-0.15, -0.1) is 9.24 Å². The predicted octanol–water partition coefficient (Wildman–Crippen LogP) is 0.326. The van der Waals surface area contributed by atoms with Crippen molar-refractivity contribution >= 4 is 26.4 Å². The maximum absolute atomic E-state index is 13.9. The van der Waals surface area contributed by atoms with Crippen LogP contribution in [0, 0.1) is 5.82 Å². The molecular formula is C19H19FN3O5P. The molecule has 29 heavy (non-hydrogen) atoms. The zero-order chi connectivity index (χ0) is 20.7. The van der Waals surface area contributed by atoms with Crippen molar-refractivity contribution in [3.63, 3.8) is 0 Å². The number of aromatic hydroxyl groups is 1. The summed E-state index contributed by atoms with van der Waals surface area (Å²) in [5.74, 6) is -2.54. The fourth-order valence-corrected chi connectivity index (χ4v) is 3.78. The van der Waals surface area contributed by atoms with Crippen molar-refractivity contribution in [2.24, 2.45) is 0 Å². The summed E-state index contributed by atoms with van der Waals surface area (Å²) in [6, 6.07) is 4.52. The number of nitrogens with zero attached hydrogens (tertiary/aromatic N) is 2. The first-order chi connectivity index (χ1) is 13.9. The minimum absolute atomic E-state index is 0.129. The molecule has 2 aliphatic heterocycles. The summed E-state index contributed by atoms with van der Waals surface area (Å²) in [7, 11) is 2.37. The molecule has 2 N–H and O–H groups in total. The largest absolute Gasteiger partial charge is 0.503 e. The van der Waals surface area contributed by atoms with Crippen molar-refractivity contribution in [1.29, 1.82) is 0 Å². The lowest BCUT2D eigenvalue weighted by atomic mass is 10.1. The molecular weight excluding hydrogens is 400 g/mol. The van der Waals surface area contributed by atoms with Gasteiger partial charge in [-0.25, -0.2) is 4.39 Å². The maximum Gasteiger partial charge on any atom is 0.276 e. The summed E-state index contributed by atoms with van der Waals surface area (Å²) in [4.78, 5) is 39.2. The number of fused-ring (bicyclic) bond motifs is 2. The van der Waals surface area contributed by atoms with Crippen LogP contribution in [-0.4, -0.2) is 45.8 Å². The number of pyridine rings is 1. The lowest BCUT2D eigenvalue weighted by molar-refractivity contribution is -0.0920. The van der Waals surface area contributed by atoms with Crippen molar-refractivity contribution in [3.05, 3.63) is 57.3 Å². The Kier molecular flexibility index (Phi) is 5.10. The number of benzene rings is 1. The van der Waals surface area contributed by atoms with Gasteiger partial charge in [0, 0.05) is 24.8 Å². The molecule has 2 aromatic rings.